The number of ether oxygens (including phenoxy) is 1. The molecule has 166 valence electrons. The van der Waals surface area contributed by atoms with Crippen LogP contribution in [0.15, 0.2) is 34.6 Å². The standard InChI is InChI=1S/C26H34N2O3/c1-16-5-4-8-26(2)11-23-19(10-21(16)26)20(25(30)31-23)15-27-12-17-9-18(14-27)22-6-3-7-24(29)28(22)13-17/h3,6-7,10,16-20,23H,4-5,8-9,11-15H2,1-2H3/t16-,17+,18-,19+,20+,23+,26+/m0/s1. The van der Waals surface area contributed by atoms with Gasteiger partial charge < -0.3 is 14.2 Å². The lowest BCUT2D eigenvalue weighted by Crippen LogP contribution is -2.49. The summed E-state index contributed by atoms with van der Waals surface area (Å²) in [5.41, 5.74) is 3.10. The number of likely N-dealkylation sites (tertiary alicyclic amines) is 1. The molecule has 1 aromatic rings. The van der Waals surface area contributed by atoms with Crippen molar-refractivity contribution in [2.24, 2.45) is 29.1 Å². The molecular formula is C26H34N2O3. The molecule has 2 saturated heterocycles. The molecule has 2 aliphatic carbocycles. The van der Waals surface area contributed by atoms with Crippen molar-refractivity contribution in [3.05, 3.63) is 45.9 Å². The van der Waals surface area contributed by atoms with Gasteiger partial charge in [-0.25, -0.2) is 0 Å². The van der Waals surface area contributed by atoms with Gasteiger partial charge in [0.05, 0.1) is 5.92 Å². The third-order valence-electron chi connectivity index (χ3n) is 9.09. The number of esters is 1. The van der Waals surface area contributed by atoms with Crippen molar-refractivity contribution in [2.75, 3.05) is 19.6 Å². The molecule has 0 amide bonds. The Balaban J connectivity index is 1.24. The van der Waals surface area contributed by atoms with Crippen molar-refractivity contribution >= 4 is 5.97 Å². The number of carbonyl (C=O) groups excluding carboxylic acids is 1. The normalized spacial score (nSPS) is 41.6. The minimum absolute atomic E-state index is 0.00843. The Morgan fingerprint density at radius 1 is 1.19 bits per heavy atom. The quantitative estimate of drug-likeness (QED) is 0.540. The monoisotopic (exact) mass is 422 g/mol. The zero-order valence-electron chi connectivity index (χ0n) is 18.8. The number of fused-ring (bicyclic) bond motifs is 6. The number of piperidine rings is 1. The first-order valence-corrected chi connectivity index (χ1v) is 12.3. The van der Waals surface area contributed by atoms with E-state index in [1.165, 1.54) is 25.0 Å². The number of pyridine rings is 1. The van der Waals surface area contributed by atoms with Crippen LogP contribution in [-0.4, -0.2) is 41.2 Å². The Labute approximate surface area is 184 Å². The predicted molar refractivity (Wildman–Crippen MR) is 119 cm³/mol. The van der Waals surface area contributed by atoms with E-state index in [-0.39, 0.29) is 34.9 Å². The summed E-state index contributed by atoms with van der Waals surface area (Å²) in [6, 6.07) is 5.68. The molecule has 3 aliphatic heterocycles. The summed E-state index contributed by atoms with van der Waals surface area (Å²) in [6.45, 7) is 8.26. The molecule has 5 aliphatic rings. The topological polar surface area (TPSA) is 51.5 Å². The fraction of sp³-hybridized carbons (Fsp3) is 0.692. The van der Waals surface area contributed by atoms with Gasteiger partial charge in [-0.15, -0.1) is 0 Å². The number of aromatic nitrogens is 1. The number of nitrogens with zero attached hydrogens (tertiary/aromatic N) is 2. The van der Waals surface area contributed by atoms with Crippen molar-refractivity contribution in [2.45, 2.75) is 64.5 Å². The molecule has 5 heteroatoms. The van der Waals surface area contributed by atoms with Crippen LogP contribution in [-0.2, 0) is 16.1 Å². The Bertz CT molecular complexity index is 997. The molecule has 1 aromatic heterocycles. The van der Waals surface area contributed by atoms with Gasteiger partial charge in [-0.3, -0.25) is 9.59 Å². The molecular weight excluding hydrogens is 388 g/mol. The van der Waals surface area contributed by atoms with Gasteiger partial charge in [-0.2, -0.15) is 0 Å². The van der Waals surface area contributed by atoms with Gasteiger partial charge in [0.15, 0.2) is 0 Å². The summed E-state index contributed by atoms with van der Waals surface area (Å²) in [6.07, 6.45) is 8.45. The lowest BCUT2D eigenvalue weighted by atomic mass is 9.59. The van der Waals surface area contributed by atoms with Gasteiger partial charge in [-0.1, -0.05) is 38.0 Å². The molecule has 1 saturated carbocycles. The van der Waals surface area contributed by atoms with Gasteiger partial charge in [0, 0.05) is 49.8 Å². The van der Waals surface area contributed by atoms with Crippen LogP contribution in [0.4, 0.5) is 0 Å². The molecule has 31 heavy (non-hydrogen) atoms. The second-order valence-corrected chi connectivity index (χ2v) is 11.3. The number of hydrogen-bond donors (Lipinski definition) is 0. The highest BCUT2D eigenvalue weighted by Gasteiger charge is 2.52. The summed E-state index contributed by atoms with van der Waals surface area (Å²) >= 11 is 0. The molecule has 3 fully saturated rings. The maximum atomic E-state index is 13.0. The minimum atomic E-state index is -0.0482. The van der Waals surface area contributed by atoms with Crippen LogP contribution in [0.3, 0.4) is 0 Å². The average molecular weight is 423 g/mol. The highest BCUT2D eigenvalue weighted by atomic mass is 16.6. The van der Waals surface area contributed by atoms with Crippen molar-refractivity contribution in [3.8, 4) is 0 Å². The highest BCUT2D eigenvalue weighted by molar-refractivity contribution is 5.76. The van der Waals surface area contributed by atoms with Crippen LogP contribution in [0.25, 0.3) is 0 Å². The van der Waals surface area contributed by atoms with Gasteiger partial charge in [0.2, 0.25) is 0 Å². The Kier molecular flexibility index (Phi) is 4.51. The summed E-state index contributed by atoms with van der Waals surface area (Å²) < 4.78 is 7.96. The minimum Gasteiger partial charge on any atom is -0.461 e. The molecule has 0 spiro atoms. The Hall–Kier alpha value is -1.88. The third kappa shape index (κ3) is 3.14. The van der Waals surface area contributed by atoms with E-state index in [9.17, 15) is 9.59 Å². The summed E-state index contributed by atoms with van der Waals surface area (Å²) in [5, 5.41) is 0. The second kappa shape index (κ2) is 7.06. The zero-order valence-corrected chi connectivity index (χ0v) is 18.8. The molecule has 6 rings (SSSR count). The maximum Gasteiger partial charge on any atom is 0.311 e. The molecule has 0 radical (unpaired) electrons. The first-order chi connectivity index (χ1) is 14.9. The van der Waals surface area contributed by atoms with Crippen molar-refractivity contribution in [3.63, 3.8) is 0 Å². The predicted octanol–water partition coefficient (Wildman–Crippen LogP) is 3.58. The smallest absolute Gasteiger partial charge is 0.311 e. The molecule has 0 unspecified atom stereocenters. The lowest BCUT2D eigenvalue weighted by molar-refractivity contribution is -0.145. The molecule has 0 aromatic carbocycles. The van der Waals surface area contributed by atoms with Gasteiger partial charge in [0.25, 0.3) is 5.56 Å². The summed E-state index contributed by atoms with van der Waals surface area (Å²) in [7, 11) is 0. The Morgan fingerprint density at radius 3 is 2.94 bits per heavy atom. The van der Waals surface area contributed by atoms with E-state index in [0.29, 0.717) is 17.8 Å². The summed E-state index contributed by atoms with van der Waals surface area (Å²) in [5.74, 6) is 1.70. The third-order valence-corrected chi connectivity index (χ3v) is 9.09. The number of hydrogen-bond acceptors (Lipinski definition) is 4. The van der Waals surface area contributed by atoms with Crippen molar-refractivity contribution in [1.82, 2.24) is 9.47 Å². The van der Waals surface area contributed by atoms with Crippen LogP contribution >= 0.6 is 0 Å². The number of rotatable bonds is 2. The summed E-state index contributed by atoms with van der Waals surface area (Å²) in [4.78, 5) is 27.8. The van der Waals surface area contributed by atoms with Crippen LogP contribution in [0.1, 0.15) is 57.6 Å². The van der Waals surface area contributed by atoms with Gasteiger partial charge >= 0.3 is 5.97 Å². The SMILES string of the molecule is C[C@H]1CCC[C@]2(C)C[C@H]3OC(=O)[C@H](CN4C[C@H]5C[C@@H](C4)c4cccc(=O)n4C5)[C@H]3C=C12. The number of carbonyl (C=O) groups is 1. The second-order valence-electron chi connectivity index (χ2n) is 11.3. The first kappa shape index (κ1) is 19.8. The molecule has 2 bridgehead atoms. The zero-order chi connectivity index (χ0) is 21.3. The van der Waals surface area contributed by atoms with E-state index in [1.54, 1.807) is 11.6 Å². The van der Waals surface area contributed by atoms with Crippen LogP contribution in [0.5, 0.6) is 0 Å². The van der Waals surface area contributed by atoms with E-state index in [2.05, 4.69) is 30.9 Å². The highest BCUT2D eigenvalue weighted by Crippen LogP contribution is 2.54. The van der Waals surface area contributed by atoms with E-state index < -0.39 is 0 Å². The molecule has 0 N–H and O–H groups in total. The van der Waals surface area contributed by atoms with Gasteiger partial charge in [0.1, 0.15) is 6.10 Å². The number of allylic oxidation sites excluding steroid dienone is 1. The fourth-order valence-corrected chi connectivity index (χ4v) is 7.68. The molecule has 7 atom stereocenters. The lowest BCUT2D eigenvalue weighted by Gasteiger charge is -2.46. The van der Waals surface area contributed by atoms with E-state index in [0.717, 1.165) is 39.0 Å². The van der Waals surface area contributed by atoms with E-state index in [1.807, 2.05) is 10.6 Å². The molecule has 4 heterocycles. The van der Waals surface area contributed by atoms with Crippen molar-refractivity contribution in [1.29, 1.82) is 0 Å². The fourth-order valence-electron chi connectivity index (χ4n) is 7.68. The largest absolute Gasteiger partial charge is 0.461 e. The van der Waals surface area contributed by atoms with Crippen LogP contribution < -0.4 is 5.56 Å². The van der Waals surface area contributed by atoms with Gasteiger partial charge in [-0.05, 0) is 49.0 Å². The van der Waals surface area contributed by atoms with Crippen LogP contribution in [0, 0.1) is 29.1 Å². The van der Waals surface area contributed by atoms with E-state index >= 15 is 0 Å². The maximum absolute atomic E-state index is 13.0. The Morgan fingerprint density at radius 2 is 2.06 bits per heavy atom. The average Bonchev–Trinajstić information content (AvgIpc) is 3.01. The first-order valence-electron chi connectivity index (χ1n) is 12.3. The van der Waals surface area contributed by atoms with Crippen molar-refractivity contribution < 1.29 is 9.53 Å². The van der Waals surface area contributed by atoms with Crippen LogP contribution in [0.2, 0.25) is 0 Å². The molecule has 5 nitrogen and oxygen atoms in total. The van der Waals surface area contributed by atoms with E-state index in [4.69, 9.17) is 4.74 Å².